The molecule has 1 aromatic rings. The molecule has 0 atom stereocenters. The number of rotatable bonds is 9. The van der Waals surface area contributed by atoms with E-state index in [1.807, 2.05) is 6.92 Å². The van der Waals surface area contributed by atoms with Crippen LogP contribution in [0.4, 0.5) is 5.82 Å². The first kappa shape index (κ1) is 14.2. The number of carboxylic acid groups (broad SMARTS) is 1. The van der Waals surface area contributed by atoms with E-state index >= 15 is 0 Å². The number of unbranched alkanes of at least 4 members (excludes halogenated alkanes) is 2. The van der Waals surface area contributed by atoms with Gasteiger partial charge in [0, 0.05) is 19.0 Å². The monoisotopic (exact) mass is 253 g/mol. The van der Waals surface area contributed by atoms with E-state index in [-0.39, 0.29) is 6.42 Å². The molecule has 0 aromatic carbocycles. The van der Waals surface area contributed by atoms with Gasteiger partial charge in [0.25, 0.3) is 0 Å². The summed E-state index contributed by atoms with van der Waals surface area (Å²) in [5, 5.41) is 11.6. The molecule has 0 fully saturated rings. The fourth-order valence-corrected chi connectivity index (χ4v) is 1.46. The molecular weight excluding hydrogens is 234 g/mol. The Balaban J connectivity index is 2.18. The maximum Gasteiger partial charge on any atom is 0.303 e. The Bertz CT molecular complexity index is 371. The van der Waals surface area contributed by atoms with Crippen LogP contribution in [-0.2, 0) is 4.79 Å². The average Bonchev–Trinajstić information content (AvgIpc) is 2.34. The highest BCUT2D eigenvalue weighted by atomic mass is 16.5. The van der Waals surface area contributed by atoms with Gasteiger partial charge in [0.2, 0.25) is 5.88 Å². The third-order valence-electron chi connectivity index (χ3n) is 2.31. The van der Waals surface area contributed by atoms with E-state index in [1.54, 1.807) is 6.07 Å². The molecule has 0 aliphatic carbocycles. The summed E-state index contributed by atoms with van der Waals surface area (Å²) in [5.41, 5.74) is 0. The van der Waals surface area contributed by atoms with Crippen LogP contribution in [0, 0.1) is 0 Å². The Kier molecular flexibility index (Phi) is 6.53. The smallest absolute Gasteiger partial charge is 0.303 e. The van der Waals surface area contributed by atoms with Crippen molar-refractivity contribution in [2.75, 3.05) is 18.5 Å². The lowest BCUT2D eigenvalue weighted by molar-refractivity contribution is -0.137. The summed E-state index contributed by atoms with van der Waals surface area (Å²) in [7, 11) is 0. The van der Waals surface area contributed by atoms with Crippen LogP contribution in [0.15, 0.2) is 12.4 Å². The van der Waals surface area contributed by atoms with Crippen LogP contribution in [0.1, 0.15) is 32.6 Å². The van der Waals surface area contributed by atoms with Gasteiger partial charge in [-0.2, -0.15) is 0 Å². The maximum atomic E-state index is 10.3. The zero-order valence-corrected chi connectivity index (χ0v) is 10.6. The predicted octanol–water partition coefficient (Wildman–Crippen LogP) is 1.93. The lowest BCUT2D eigenvalue weighted by Crippen LogP contribution is -2.05. The fourth-order valence-electron chi connectivity index (χ4n) is 1.46. The second kappa shape index (κ2) is 8.27. The van der Waals surface area contributed by atoms with Crippen LogP contribution in [0.5, 0.6) is 5.88 Å². The number of hydrogen-bond donors (Lipinski definition) is 2. The molecule has 0 spiro atoms. The van der Waals surface area contributed by atoms with Gasteiger partial charge in [-0.15, -0.1) is 0 Å². The van der Waals surface area contributed by atoms with Crippen molar-refractivity contribution in [2.45, 2.75) is 32.6 Å². The first-order valence-electron chi connectivity index (χ1n) is 6.13. The summed E-state index contributed by atoms with van der Waals surface area (Å²) in [4.78, 5) is 18.3. The molecule has 0 unspecified atom stereocenters. The molecule has 6 heteroatoms. The van der Waals surface area contributed by atoms with Crippen molar-refractivity contribution >= 4 is 11.8 Å². The van der Waals surface area contributed by atoms with Crippen LogP contribution >= 0.6 is 0 Å². The largest absolute Gasteiger partial charge is 0.481 e. The van der Waals surface area contributed by atoms with Gasteiger partial charge < -0.3 is 15.2 Å². The number of nitrogens with one attached hydrogen (secondary N) is 1. The molecule has 100 valence electrons. The first-order valence-corrected chi connectivity index (χ1v) is 6.13. The zero-order chi connectivity index (χ0) is 13.2. The van der Waals surface area contributed by atoms with Crippen molar-refractivity contribution in [2.24, 2.45) is 0 Å². The van der Waals surface area contributed by atoms with Crippen molar-refractivity contribution in [3.8, 4) is 5.88 Å². The highest BCUT2D eigenvalue weighted by Gasteiger charge is 1.99. The zero-order valence-electron chi connectivity index (χ0n) is 10.6. The summed E-state index contributed by atoms with van der Waals surface area (Å²) in [6.45, 7) is 3.24. The number of anilines is 1. The number of carbonyl (C=O) groups is 1. The van der Waals surface area contributed by atoms with Crippen molar-refractivity contribution in [3.05, 3.63) is 12.4 Å². The second-order valence-electron chi connectivity index (χ2n) is 3.81. The molecule has 18 heavy (non-hydrogen) atoms. The van der Waals surface area contributed by atoms with Crippen molar-refractivity contribution in [1.82, 2.24) is 9.97 Å². The van der Waals surface area contributed by atoms with Crippen LogP contribution in [0.25, 0.3) is 0 Å². The number of aliphatic carboxylic acids is 1. The minimum atomic E-state index is -0.736. The Morgan fingerprint density at radius 2 is 2.22 bits per heavy atom. The molecule has 1 heterocycles. The standard InChI is InChI=1S/C12H19N3O3/c1-2-18-11-8-10(14-9-15-11)13-7-5-3-4-6-12(16)17/h8-9H,2-7H2,1H3,(H,16,17)(H,13,14,15). The van der Waals surface area contributed by atoms with E-state index < -0.39 is 5.97 Å². The Morgan fingerprint density at radius 3 is 2.94 bits per heavy atom. The van der Waals surface area contributed by atoms with Gasteiger partial charge in [0.05, 0.1) is 6.61 Å². The third-order valence-corrected chi connectivity index (χ3v) is 2.31. The van der Waals surface area contributed by atoms with E-state index in [9.17, 15) is 4.79 Å². The van der Waals surface area contributed by atoms with Gasteiger partial charge in [0.15, 0.2) is 0 Å². The van der Waals surface area contributed by atoms with E-state index in [0.29, 0.717) is 18.9 Å². The normalized spacial score (nSPS) is 10.1. The molecule has 6 nitrogen and oxygen atoms in total. The SMILES string of the molecule is CCOc1cc(NCCCCCC(=O)O)ncn1. The maximum absolute atomic E-state index is 10.3. The van der Waals surface area contributed by atoms with Gasteiger partial charge in [0.1, 0.15) is 12.1 Å². The molecule has 0 saturated carbocycles. The number of nitrogens with zero attached hydrogens (tertiary/aromatic N) is 2. The molecule has 0 aliphatic heterocycles. The molecule has 1 rings (SSSR count). The summed E-state index contributed by atoms with van der Waals surface area (Å²) in [5.74, 6) is 0.549. The lowest BCUT2D eigenvalue weighted by Gasteiger charge is -2.06. The van der Waals surface area contributed by atoms with Crippen LogP contribution in [0.3, 0.4) is 0 Å². The molecule has 2 N–H and O–H groups in total. The van der Waals surface area contributed by atoms with Crippen LogP contribution in [0.2, 0.25) is 0 Å². The molecule has 0 amide bonds. The molecule has 0 saturated heterocycles. The van der Waals surface area contributed by atoms with Crippen molar-refractivity contribution in [3.63, 3.8) is 0 Å². The van der Waals surface area contributed by atoms with Gasteiger partial charge in [-0.25, -0.2) is 9.97 Å². The van der Waals surface area contributed by atoms with Crippen LogP contribution in [-0.4, -0.2) is 34.2 Å². The molecular formula is C12H19N3O3. The number of carboxylic acids is 1. The summed E-state index contributed by atoms with van der Waals surface area (Å²) in [6.07, 6.45) is 4.22. The predicted molar refractivity (Wildman–Crippen MR) is 67.8 cm³/mol. The average molecular weight is 253 g/mol. The quantitative estimate of drug-likeness (QED) is 0.654. The number of hydrogen-bond acceptors (Lipinski definition) is 5. The van der Waals surface area contributed by atoms with E-state index in [0.717, 1.165) is 25.2 Å². The molecule has 0 bridgehead atoms. The second-order valence-corrected chi connectivity index (χ2v) is 3.81. The van der Waals surface area contributed by atoms with E-state index in [1.165, 1.54) is 6.33 Å². The van der Waals surface area contributed by atoms with Gasteiger partial charge in [-0.1, -0.05) is 6.42 Å². The molecule has 0 radical (unpaired) electrons. The Morgan fingerprint density at radius 1 is 1.39 bits per heavy atom. The highest BCUT2D eigenvalue weighted by Crippen LogP contribution is 2.11. The van der Waals surface area contributed by atoms with Crippen molar-refractivity contribution < 1.29 is 14.6 Å². The summed E-state index contributed by atoms with van der Waals surface area (Å²) in [6, 6.07) is 1.75. The molecule has 0 aliphatic rings. The minimum absolute atomic E-state index is 0.238. The number of ether oxygens (including phenoxy) is 1. The lowest BCUT2D eigenvalue weighted by atomic mass is 10.2. The fraction of sp³-hybridized carbons (Fsp3) is 0.583. The van der Waals surface area contributed by atoms with E-state index in [2.05, 4.69) is 15.3 Å². The van der Waals surface area contributed by atoms with E-state index in [4.69, 9.17) is 9.84 Å². The highest BCUT2D eigenvalue weighted by molar-refractivity contribution is 5.66. The molecule has 1 aromatic heterocycles. The number of aromatic nitrogens is 2. The first-order chi connectivity index (χ1) is 8.72. The van der Waals surface area contributed by atoms with Crippen LogP contribution < -0.4 is 10.1 Å². The van der Waals surface area contributed by atoms with Gasteiger partial charge in [-0.3, -0.25) is 4.79 Å². The summed E-state index contributed by atoms with van der Waals surface area (Å²) >= 11 is 0. The van der Waals surface area contributed by atoms with Gasteiger partial charge in [-0.05, 0) is 19.8 Å². The van der Waals surface area contributed by atoms with Crippen molar-refractivity contribution in [1.29, 1.82) is 0 Å². The van der Waals surface area contributed by atoms with Gasteiger partial charge >= 0.3 is 5.97 Å². The topological polar surface area (TPSA) is 84.3 Å². The summed E-state index contributed by atoms with van der Waals surface area (Å²) < 4.78 is 5.26. The Hall–Kier alpha value is -1.85. The third kappa shape index (κ3) is 6.03. The minimum Gasteiger partial charge on any atom is -0.481 e. The Labute approximate surface area is 106 Å².